The molecule has 1 aromatic rings. The topological polar surface area (TPSA) is 99.4 Å². The van der Waals surface area contributed by atoms with Crippen LogP contribution < -0.4 is 10.1 Å². The Bertz CT molecular complexity index is 608. The first kappa shape index (κ1) is 15.8. The van der Waals surface area contributed by atoms with Gasteiger partial charge in [-0.1, -0.05) is 18.6 Å². The maximum absolute atomic E-state index is 12.2. The zero-order valence-corrected chi connectivity index (χ0v) is 12.3. The highest BCUT2D eigenvalue weighted by atomic mass is 16.5. The minimum absolute atomic E-state index is 0.342. The Labute approximate surface area is 128 Å². The predicted molar refractivity (Wildman–Crippen MR) is 78.2 cm³/mol. The molecule has 116 valence electrons. The minimum Gasteiger partial charge on any atom is -0.481 e. The lowest BCUT2D eigenvalue weighted by molar-refractivity contribution is -0.142. The Morgan fingerprint density at radius 3 is 2.82 bits per heavy atom. The molecule has 1 aromatic carbocycles. The molecule has 6 heteroatoms. The average molecular weight is 302 g/mol. The Morgan fingerprint density at radius 1 is 1.41 bits per heavy atom. The van der Waals surface area contributed by atoms with Crippen LogP contribution in [0.15, 0.2) is 24.3 Å². The molecule has 0 heterocycles. The second-order valence-corrected chi connectivity index (χ2v) is 5.36. The average Bonchev–Trinajstić information content (AvgIpc) is 2.96. The van der Waals surface area contributed by atoms with Crippen LogP contribution in [0, 0.1) is 17.2 Å². The van der Waals surface area contributed by atoms with E-state index in [0.717, 1.165) is 6.42 Å². The van der Waals surface area contributed by atoms with Gasteiger partial charge in [-0.05, 0) is 31.9 Å². The summed E-state index contributed by atoms with van der Waals surface area (Å²) < 4.78 is 5.52. The molecule has 0 bridgehead atoms. The van der Waals surface area contributed by atoms with Crippen molar-refractivity contribution in [3.8, 4) is 11.8 Å². The summed E-state index contributed by atoms with van der Waals surface area (Å²) >= 11 is 0. The third-order valence-corrected chi connectivity index (χ3v) is 3.84. The molecule has 22 heavy (non-hydrogen) atoms. The van der Waals surface area contributed by atoms with Gasteiger partial charge in [0.25, 0.3) is 5.91 Å². The number of carboxylic acids is 1. The van der Waals surface area contributed by atoms with Gasteiger partial charge in [0.15, 0.2) is 6.10 Å². The first-order chi connectivity index (χ1) is 10.5. The molecule has 1 aliphatic carbocycles. The number of carboxylic acid groups (broad SMARTS) is 1. The number of benzene rings is 1. The first-order valence-corrected chi connectivity index (χ1v) is 7.22. The third-order valence-electron chi connectivity index (χ3n) is 3.84. The highest BCUT2D eigenvalue weighted by Crippen LogP contribution is 2.26. The summed E-state index contributed by atoms with van der Waals surface area (Å²) in [5, 5.41) is 20.9. The number of carbonyl (C=O) groups is 2. The molecule has 2 N–H and O–H groups in total. The fraction of sp³-hybridized carbons (Fsp3) is 0.438. The maximum Gasteiger partial charge on any atom is 0.308 e. The van der Waals surface area contributed by atoms with Gasteiger partial charge in [0, 0.05) is 6.04 Å². The molecule has 0 radical (unpaired) electrons. The number of hydrogen-bond acceptors (Lipinski definition) is 4. The number of amides is 1. The number of hydrogen-bond donors (Lipinski definition) is 2. The maximum atomic E-state index is 12.2. The molecule has 1 saturated carbocycles. The Hall–Kier alpha value is -2.55. The highest BCUT2D eigenvalue weighted by molar-refractivity contribution is 5.82. The lowest BCUT2D eigenvalue weighted by atomic mass is 10.0. The van der Waals surface area contributed by atoms with E-state index in [1.807, 2.05) is 6.07 Å². The van der Waals surface area contributed by atoms with Crippen LogP contribution in [0.2, 0.25) is 0 Å². The summed E-state index contributed by atoms with van der Waals surface area (Å²) in [6.45, 7) is 1.58. The van der Waals surface area contributed by atoms with Crippen LogP contribution in [-0.4, -0.2) is 29.1 Å². The molecule has 2 rings (SSSR count). The fourth-order valence-electron chi connectivity index (χ4n) is 2.63. The van der Waals surface area contributed by atoms with Gasteiger partial charge in [-0.25, -0.2) is 0 Å². The molecule has 1 unspecified atom stereocenters. The number of ether oxygens (including phenoxy) is 1. The molecular weight excluding hydrogens is 284 g/mol. The molecule has 1 aliphatic rings. The lowest BCUT2D eigenvalue weighted by Gasteiger charge is -2.21. The normalized spacial score (nSPS) is 21.6. The van der Waals surface area contributed by atoms with Crippen molar-refractivity contribution in [1.29, 1.82) is 5.26 Å². The van der Waals surface area contributed by atoms with Crippen molar-refractivity contribution in [2.24, 2.45) is 5.92 Å². The van der Waals surface area contributed by atoms with E-state index in [9.17, 15) is 9.59 Å². The largest absolute Gasteiger partial charge is 0.481 e. The van der Waals surface area contributed by atoms with E-state index in [1.165, 1.54) is 0 Å². The van der Waals surface area contributed by atoms with Crippen LogP contribution in [-0.2, 0) is 9.59 Å². The van der Waals surface area contributed by atoms with E-state index >= 15 is 0 Å². The number of aliphatic carboxylic acids is 1. The van der Waals surface area contributed by atoms with Gasteiger partial charge in [-0.3, -0.25) is 9.59 Å². The van der Waals surface area contributed by atoms with Crippen LogP contribution in [0.3, 0.4) is 0 Å². The number of nitrogens with one attached hydrogen (secondary N) is 1. The van der Waals surface area contributed by atoms with Crippen molar-refractivity contribution >= 4 is 11.9 Å². The molecule has 0 aromatic heterocycles. The van der Waals surface area contributed by atoms with Crippen LogP contribution in [0.25, 0.3) is 0 Å². The monoisotopic (exact) mass is 302 g/mol. The fourth-order valence-corrected chi connectivity index (χ4v) is 2.63. The number of rotatable bonds is 5. The van der Waals surface area contributed by atoms with E-state index in [4.69, 9.17) is 15.1 Å². The number of carbonyl (C=O) groups excluding carboxylic acids is 1. The van der Waals surface area contributed by atoms with Crippen molar-refractivity contribution in [2.75, 3.05) is 0 Å². The van der Waals surface area contributed by atoms with E-state index in [1.54, 1.807) is 31.2 Å². The molecule has 6 nitrogen and oxygen atoms in total. The van der Waals surface area contributed by atoms with Gasteiger partial charge >= 0.3 is 5.97 Å². The van der Waals surface area contributed by atoms with Crippen LogP contribution in [0.1, 0.15) is 31.7 Å². The molecule has 3 atom stereocenters. The van der Waals surface area contributed by atoms with Crippen molar-refractivity contribution < 1.29 is 19.4 Å². The van der Waals surface area contributed by atoms with Gasteiger partial charge in [0.2, 0.25) is 0 Å². The van der Waals surface area contributed by atoms with Crippen molar-refractivity contribution in [1.82, 2.24) is 5.32 Å². The van der Waals surface area contributed by atoms with Crippen molar-refractivity contribution in [3.63, 3.8) is 0 Å². The standard InChI is InChI=1S/C16H18N2O4/c1-10(22-14-8-3-2-5-11(14)9-17)15(19)18-13-7-4-6-12(13)16(20)21/h2-3,5,8,10,12-13H,4,6-7H2,1H3,(H,18,19)(H,20,21)/t10?,12-,13+/m0/s1. The third kappa shape index (κ3) is 3.55. The SMILES string of the molecule is CC(Oc1ccccc1C#N)C(=O)N[C@@H]1CCC[C@@H]1C(=O)O. The summed E-state index contributed by atoms with van der Waals surface area (Å²) in [5.74, 6) is -1.45. The Kier molecular flexibility index (Phi) is 4.99. The molecule has 0 saturated heterocycles. The number of nitrogens with zero attached hydrogens (tertiary/aromatic N) is 1. The smallest absolute Gasteiger partial charge is 0.308 e. The van der Waals surface area contributed by atoms with Crippen LogP contribution >= 0.6 is 0 Å². The van der Waals surface area contributed by atoms with Gasteiger partial charge in [-0.2, -0.15) is 5.26 Å². The zero-order valence-electron chi connectivity index (χ0n) is 12.3. The van der Waals surface area contributed by atoms with Gasteiger partial charge < -0.3 is 15.2 Å². The summed E-state index contributed by atoms with van der Waals surface area (Å²) in [5.41, 5.74) is 0.353. The van der Waals surface area contributed by atoms with E-state index in [0.29, 0.717) is 24.2 Å². The summed E-state index contributed by atoms with van der Waals surface area (Å²) in [6.07, 6.45) is 1.22. The van der Waals surface area contributed by atoms with E-state index < -0.39 is 18.0 Å². The van der Waals surface area contributed by atoms with Gasteiger partial charge in [0.05, 0.1) is 11.5 Å². The lowest BCUT2D eigenvalue weighted by Crippen LogP contribution is -2.45. The van der Waals surface area contributed by atoms with Crippen LogP contribution in [0.5, 0.6) is 5.75 Å². The van der Waals surface area contributed by atoms with Crippen molar-refractivity contribution in [3.05, 3.63) is 29.8 Å². The second-order valence-electron chi connectivity index (χ2n) is 5.36. The number of para-hydroxylation sites is 1. The second kappa shape index (κ2) is 6.94. The summed E-state index contributed by atoms with van der Waals surface area (Å²) in [7, 11) is 0. The van der Waals surface area contributed by atoms with Gasteiger partial charge in [0.1, 0.15) is 11.8 Å². The van der Waals surface area contributed by atoms with Crippen LogP contribution in [0.4, 0.5) is 0 Å². The molecule has 1 amide bonds. The van der Waals surface area contributed by atoms with E-state index in [2.05, 4.69) is 5.32 Å². The summed E-state index contributed by atoms with van der Waals surface area (Å²) in [6, 6.07) is 8.31. The molecular formula is C16H18N2O4. The minimum atomic E-state index is -0.883. The Balaban J connectivity index is 1.98. The summed E-state index contributed by atoms with van der Waals surface area (Å²) in [4.78, 5) is 23.3. The van der Waals surface area contributed by atoms with Gasteiger partial charge in [-0.15, -0.1) is 0 Å². The van der Waals surface area contributed by atoms with E-state index in [-0.39, 0.29) is 11.9 Å². The molecule has 0 aliphatic heterocycles. The zero-order chi connectivity index (χ0) is 16.1. The molecule has 0 spiro atoms. The quantitative estimate of drug-likeness (QED) is 0.862. The van der Waals surface area contributed by atoms with Crippen molar-refractivity contribution in [2.45, 2.75) is 38.3 Å². The molecule has 1 fully saturated rings. The number of nitriles is 1. The Morgan fingerprint density at radius 2 is 2.14 bits per heavy atom. The first-order valence-electron chi connectivity index (χ1n) is 7.22. The predicted octanol–water partition coefficient (Wildman–Crippen LogP) is 1.70. The highest BCUT2D eigenvalue weighted by Gasteiger charge is 2.34.